The smallest absolute Gasteiger partial charge is 0.306 e. The van der Waals surface area contributed by atoms with Crippen molar-refractivity contribution in [1.29, 1.82) is 0 Å². The van der Waals surface area contributed by atoms with E-state index in [1.54, 1.807) is 11.3 Å². The van der Waals surface area contributed by atoms with Gasteiger partial charge in [0.05, 0.1) is 5.92 Å². The lowest BCUT2D eigenvalue weighted by Gasteiger charge is -2.15. The molecule has 1 fully saturated rings. The van der Waals surface area contributed by atoms with Crippen LogP contribution in [0.3, 0.4) is 0 Å². The largest absolute Gasteiger partial charge is 0.481 e. The van der Waals surface area contributed by atoms with Gasteiger partial charge in [0.15, 0.2) is 0 Å². The molecular weight excluding hydrogens is 222 g/mol. The van der Waals surface area contributed by atoms with E-state index in [1.165, 1.54) is 4.88 Å². The van der Waals surface area contributed by atoms with Gasteiger partial charge in [0.25, 0.3) is 0 Å². The lowest BCUT2D eigenvalue weighted by atomic mass is 9.96. The Hall–Kier alpha value is -0.870. The highest BCUT2D eigenvalue weighted by atomic mass is 32.1. The average Bonchev–Trinajstić information content (AvgIpc) is 2.87. The number of carbonyl (C=O) groups is 1. The quantitative estimate of drug-likeness (QED) is 0.829. The van der Waals surface area contributed by atoms with Crippen molar-refractivity contribution < 1.29 is 9.90 Å². The van der Waals surface area contributed by atoms with E-state index in [0.29, 0.717) is 5.92 Å². The number of nitrogens with one attached hydrogen (secondary N) is 1. The van der Waals surface area contributed by atoms with Crippen molar-refractivity contribution in [2.24, 2.45) is 11.8 Å². The van der Waals surface area contributed by atoms with Crippen LogP contribution in [-0.4, -0.2) is 17.6 Å². The van der Waals surface area contributed by atoms with E-state index in [-0.39, 0.29) is 5.92 Å². The zero-order chi connectivity index (χ0) is 11.4. The molecule has 16 heavy (non-hydrogen) atoms. The molecule has 2 rings (SSSR count). The maximum atomic E-state index is 11.0. The minimum Gasteiger partial charge on any atom is -0.481 e. The predicted molar refractivity (Wildman–Crippen MR) is 64.5 cm³/mol. The second kappa shape index (κ2) is 5.46. The van der Waals surface area contributed by atoms with Crippen molar-refractivity contribution in [1.82, 2.24) is 5.32 Å². The Kier molecular flexibility index (Phi) is 3.96. The van der Waals surface area contributed by atoms with E-state index < -0.39 is 5.97 Å². The molecule has 2 N–H and O–H groups in total. The third-order valence-corrected chi connectivity index (χ3v) is 4.14. The summed E-state index contributed by atoms with van der Waals surface area (Å²) in [5, 5.41) is 14.5. The first-order valence-corrected chi connectivity index (χ1v) is 6.61. The molecule has 1 saturated carbocycles. The second-order valence-corrected chi connectivity index (χ2v) is 5.38. The van der Waals surface area contributed by atoms with E-state index in [0.717, 1.165) is 32.4 Å². The summed E-state index contributed by atoms with van der Waals surface area (Å²) in [4.78, 5) is 12.3. The van der Waals surface area contributed by atoms with Crippen LogP contribution in [0, 0.1) is 11.8 Å². The summed E-state index contributed by atoms with van der Waals surface area (Å²) >= 11 is 1.73. The Balaban J connectivity index is 1.75. The molecule has 1 aliphatic rings. The molecule has 0 aromatic carbocycles. The topological polar surface area (TPSA) is 49.3 Å². The number of hydrogen-bond donors (Lipinski definition) is 2. The van der Waals surface area contributed by atoms with Gasteiger partial charge in [-0.1, -0.05) is 12.5 Å². The second-order valence-electron chi connectivity index (χ2n) is 4.35. The molecule has 0 saturated heterocycles. The van der Waals surface area contributed by atoms with E-state index in [2.05, 4.69) is 16.8 Å². The van der Waals surface area contributed by atoms with E-state index in [1.807, 2.05) is 6.07 Å². The molecule has 1 aromatic heterocycles. The normalized spacial score (nSPS) is 24.8. The molecule has 0 radical (unpaired) electrons. The molecule has 0 bridgehead atoms. The first-order valence-electron chi connectivity index (χ1n) is 5.73. The number of aliphatic carboxylic acids is 1. The fourth-order valence-corrected chi connectivity index (χ4v) is 3.07. The molecule has 3 nitrogen and oxygen atoms in total. The van der Waals surface area contributed by atoms with Crippen LogP contribution in [0.25, 0.3) is 0 Å². The van der Waals surface area contributed by atoms with Crippen LogP contribution < -0.4 is 5.32 Å². The Morgan fingerprint density at radius 2 is 2.44 bits per heavy atom. The molecule has 1 heterocycles. The lowest BCUT2D eigenvalue weighted by Crippen LogP contribution is -2.28. The van der Waals surface area contributed by atoms with Gasteiger partial charge < -0.3 is 10.4 Å². The Morgan fingerprint density at radius 1 is 1.56 bits per heavy atom. The van der Waals surface area contributed by atoms with Crippen LogP contribution in [0.2, 0.25) is 0 Å². The van der Waals surface area contributed by atoms with E-state index in [9.17, 15) is 4.79 Å². The fourth-order valence-electron chi connectivity index (χ4n) is 2.40. The molecule has 4 heteroatoms. The summed E-state index contributed by atoms with van der Waals surface area (Å²) < 4.78 is 0. The number of carboxylic acid groups (broad SMARTS) is 1. The van der Waals surface area contributed by atoms with Crippen LogP contribution in [0.4, 0.5) is 0 Å². The van der Waals surface area contributed by atoms with Crippen molar-refractivity contribution in [2.45, 2.75) is 25.8 Å². The minimum absolute atomic E-state index is 0.129. The molecule has 0 spiro atoms. The highest BCUT2D eigenvalue weighted by molar-refractivity contribution is 7.09. The van der Waals surface area contributed by atoms with Crippen LogP contribution in [0.15, 0.2) is 17.5 Å². The van der Waals surface area contributed by atoms with Gasteiger partial charge in [0.1, 0.15) is 0 Å². The third kappa shape index (κ3) is 2.83. The van der Waals surface area contributed by atoms with E-state index in [4.69, 9.17) is 5.11 Å². The lowest BCUT2D eigenvalue weighted by molar-refractivity contribution is -0.142. The Morgan fingerprint density at radius 3 is 3.12 bits per heavy atom. The number of hydrogen-bond acceptors (Lipinski definition) is 3. The summed E-state index contributed by atoms with van der Waals surface area (Å²) in [6.45, 7) is 1.69. The van der Waals surface area contributed by atoms with Gasteiger partial charge in [0, 0.05) is 11.4 Å². The van der Waals surface area contributed by atoms with Gasteiger partial charge >= 0.3 is 5.97 Å². The molecule has 2 atom stereocenters. The molecular formula is C12H17NO2S. The molecule has 1 aliphatic carbocycles. The molecule has 1 aromatic rings. The van der Waals surface area contributed by atoms with E-state index >= 15 is 0 Å². The van der Waals surface area contributed by atoms with Gasteiger partial charge in [-0.05, 0) is 36.8 Å². The van der Waals surface area contributed by atoms with Crippen LogP contribution in [-0.2, 0) is 11.3 Å². The minimum atomic E-state index is -0.625. The maximum Gasteiger partial charge on any atom is 0.306 e. The summed E-state index contributed by atoms with van der Waals surface area (Å²) in [5.74, 6) is -0.436. The van der Waals surface area contributed by atoms with Crippen LogP contribution in [0.1, 0.15) is 24.1 Å². The van der Waals surface area contributed by atoms with Gasteiger partial charge in [-0.2, -0.15) is 0 Å². The third-order valence-electron chi connectivity index (χ3n) is 3.26. The molecule has 0 amide bonds. The Bertz CT molecular complexity index is 337. The molecule has 0 aliphatic heterocycles. The first-order chi connectivity index (χ1) is 7.77. The van der Waals surface area contributed by atoms with Crippen LogP contribution in [0.5, 0.6) is 0 Å². The van der Waals surface area contributed by atoms with Crippen LogP contribution >= 0.6 is 11.3 Å². The highest BCUT2D eigenvalue weighted by Crippen LogP contribution is 2.31. The average molecular weight is 239 g/mol. The van der Waals surface area contributed by atoms with Crippen molar-refractivity contribution in [3.05, 3.63) is 22.4 Å². The number of thiophene rings is 1. The summed E-state index contributed by atoms with van der Waals surface area (Å²) in [6, 6.07) is 4.14. The summed E-state index contributed by atoms with van der Waals surface area (Å²) in [7, 11) is 0. The SMILES string of the molecule is O=C(O)C1CCCC1CNCc1cccs1. The van der Waals surface area contributed by atoms with Crippen molar-refractivity contribution in [3.63, 3.8) is 0 Å². The number of carboxylic acids is 1. The van der Waals surface area contributed by atoms with Gasteiger partial charge in [-0.25, -0.2) is 0 Å². The van der Waals surface area contributed by atoms with Gasteiger partial charge in [-0.15, -0.1) is 11.3 Å². The Labute approximate surface area is 99.5 Å². The zero-order valence-electron chi connectivity index (χ0n) is 9.19. The monoisotopic (exact) mass is 239 g/mol. The predicted octanol–water partition coefficient (Wildman–Crippen LogP) is 2.34. The van der Waals surface area contributed by atoms with Gasteiger partial charge in [-0.3, -0.25) is 4.79 Å². The number of rotatable bonds is 5. The highest BCUT2D eigenvalue weighted by Gasteiger charge is 2.32. The van der Waals surface area contributed by atoms with Crippen molar-refractivity contribution in [3.8, 4) is 0 Å². The summed E-state index contributed by atoms with van der Waals surface area (Å²) in [6.07, 6.45) is 2.96. The molecule has 88 valence electrons. The molecule has 2 unspecified atom stereocenters. The zero-order valence-corrected chi connectivity index (χ0v) is 10.0. The van der Waals surface area contributed by atoms with Gasteiger partial charge in [0.2, 0.25) is 0 Å². The summed E-state index contributed by atoms with van der Waals surface area (Å²) in [5.41, 5.74) is 0. The van der Waals surface area contributed by atoms with Crippen molar-refractivity contribution >= 4 is 17.3 Å². The standard InChI is InChI=1S/C12H17NO2S/c14-12(15)11-5-1-3-9(11)7-13-8-10-4-2-6-16-10/h2,4,6,9,11,13H,1,3,5,7-8H2,(H,14,15). The first kappa shape index (κ1) is 11.6. The maximum absolute atomic E-state index is 11.0. The van der Waals surface area contributed by atoms with Crippen molar-refractivity contribution in [2.75, 3.05) is 6.54 Å². The fraction of sp³-hybridized carbons (Fsp3) is 0.583.